The predicted octanol–water partition coefficient (Wildman–Crippen LogP) is 3.97. The summed E-state index contributed by atoms with van der Waals surface area (Å²) in [5, 5.41) is 0. The second kappa shape index (κ2) is 7.56. The molecule has 2 aromatic heterocycles. The molecule has 1 fully saturated rings. The number of imidazole rings is 1. The number of fused-ring (bicyclic) bond motifs is 1. The van der Waals surface area contributed by atoms with Gasteiger partial charge in [-0.25, -0.2) is 18.7 Å². The van der Waals surface area contributed by atoms with Gasteiger partial charge in [0.1, 0.15) is 11.6 Å². The zero-order valence-corrected chi connectivity index (χ0v) is 17.6. The fourth-order valence-corrected chi connectivity index (χ4v) is 4.67. The highest BCUT2D eigenvalue weighted by molar-refractivity contribution is 8.21. The summed E-state index contributed by atoms with van der Waals surface area (Å²) in [7, 11) is 0.917. The highest BCUT2D eigenvalue weighted by atomic mass is 32.3. The van der Waals surface area contributed by atoms with Gasteiger partial charge in [0.25, 0.3) is 0 Å². The van der Waals surface area contributed by atoms with E-state index in [1.807, 2.05) is 35.9 Å². The molecule has 0 spiro atoms. The second-order valence-corrected chi connectivity index (χ2v) is 9.72. The molecule has 29 heavy (non-hydrogen) atoms. The lowest BCUT2D eigenvalue weighted by atomic mass is 10.1. The van der Waals surface area contributed by atoms with E-state index in [-0.39, 0.29) is 6.04 Å². The quantitative estimate of drug-likeness (QED) is 0.666. The van der Waals surface area contributed by atoms with Crippen LogP contribution in [-0.2, 0) is 7.05 Å². The molecule has 0 saturated carbocycles. The number of piperidine rings is 1. The van der Waals surface area contributed by atoms with Gasteiger partial charge in [0.2, 0.25) is 0 Å². The number of hydrogen-bond acceptors (Lipinski definition) is 6. The van der Waals surface area contributed by atoms with E-state index >= 15 is 0 Å². The molecule has 1 aliphatic heterocycles. The number of rotatable bonds is 4. The van der Waals surface area contributed by atoms with Crippen LogP contribution in [0, 0.1) is 5.82 Å². The van der Waals surface area contributed by atoms with Crippen LogP contribution in [0.15, 0.2) is 36.5 Å². The molecule has 4 rings (SSSR count). The van der Waals surface area contributed by atoms with Crippen molar-refractivity contribution in [3.63, 3.8) is 0 Å². The van der Waals surface area contributed by atoms with E-state index in [9.17, 15) is 13.5 Å². The van der Waals surface area contributed by atoms with Gasteiger partial charge in [0.05, 0.1) is 22.8 Å². The maximum Gasteiger partial charge on any atom is 0.152 e. The van der Waals surface area contributed by atoms with Crippen LogP contribution in [0.5, 0.6) is 0 Å². The van der Waals surface area contributed by atoms with Crippen molar-refractivity contribution in [2.45, 2.75) is 18.9 Å². The van der Waals surface area contributed by atoms with Crippen LogP contribution < -0.4 is 4.90 Å². The van der Waals surface area contributed by atoms with Crippen molar-refractivity contribution < 1.29 is 13.5 Å². The highest BCUT2D eigenvalue weighted by Gasteiger charge is 2.28. The number of nitrogens with zero attached hydrogens (tertiary/aromatic N) is 5. The Hall–Kier alpha value is -2.20. The van der Waals surface area contributed by atoms with Crippen molar-refractivity contribution in [3.05, 3.63) is 42.3 Å². The fraction of sp³-hybridized carbons (Fsp3) is 0.400. The molecule has 7 nitrogen and oxygen atoms in total. The Morgan fingerprint density at radius 1 is 1.21 bits per heavy atom. The molecular formula is C20H26FN5O2S. The van der Waals surface area contributed by atoms with Gasteiger partial charge in [-0.15, -0.1) is 10.8 Å². The normalized spacial score (nSPS) is 16.7. The number of aromatic nitrogens is 3. The summed E-state index contributed by atoms with van der Waals surface area (Å²) >= 11 is 0. The number of halogens is 1. The maximum absolute atomic E-state index is 14.6. The van der Waals surface area contributed by atoms with Gasteiger partial charge in [-0.3, -0.25) is 9.11 Å². The number of aryl methyl sites for hydroxylation is 1. The smallest absolute Gasteiger partial charge is 0.152 e. The monoisotopic (exact) mass is 419 g/mol. The Bertz CT molecular complexity index is 1030. The lowest BCUT2D eigenvalue weighted by Crippen LogP contribution is -2.44. The molecule has 9 heteroatoms. The Labute approximate surface area is 171 Å². The van der Waals surface area contributed by atoms with Crippen LogP contribution in [0.1, 0.15) is 12.8 Å². The third kappa shape index (κ3) is 3.83. The predicted molar refractivity (Wildman–Crippen MR) is 116 cm³/mol. The highest BCUT2D eigenvalue weighted by Crippen LogP contribution is 2.41. The maximum atomic E-state index is 14.6. The Kier molecular flexibility index (Phi) is 5.24. The standard InChI is InChI=1S/C20H26FN5O2S/c1-24-18-7-5-4-6-17(18)23-20(24)15-12-19(22-13-16(15)21)26-10-8-14(9-11-26)25(2)29(3,27)28/h4-7,12-14,27-28H,8-11H2,1-3H3. The molecule has 1 saturated heterocycles. The van der Waals surface area contributed by atoms with E-state index in [1.54, 1.807) is 17.4 Å². The van der Waals surface area contributed by atoms with Crippen molar-refractivity contribution >= 4 is 27.6 Å². The molecule has 1 aromatic carbocycles. The molecule has 0 aliphatic carbocycles. The summed E-state index contributed by atoms with van der Waals surface area (Å²) in [5.74, 6) is 0.876. The average molecular weight is 420 g/mol. The van der Waals surface area contributed by atoms with Crippen LogP contribution in [0.4, 0.5) is 10.2 Å². The summed E-state index contributed by atoms with van der Waals surface area (Å²) in [6, 6.07) is 9.59. The van der Waals surface area contributed by atoms with Gasteiger partial charge in [0.15, 0.2) is 5.82 Å². The first-order valence-electron chi connectivity index (χ1n) is 9.54. The molecule has 0 radical (unpaired) electrons. The number of para-hydroxylation sites is 2. The lowest BCUT2D eigenvalue weighted by Gasteiger charge is -2.45. The van der Waals surface area contributed by atoms with Crippen LogP contribution >= 0.6 is 10.8 Å². The van der Waals surface area contributed by atoms with E-state index in [1.165, 1.54) is 12.5 Å². The fourth-order valence-electron chi connectivity index (χ4n) is 3.90. The van der Waals surface area contributed by atoms with Gasteiger partial charge < -0.3 is 9.47 Å². The largest absolute Gasteiger partial charge is 0.356 e. The SMILES string of the molecule is CN(C1CCN(c2cc(-c3nc4ccccc4n3C)c(F)cn2)CC1)S(C)(O)O. The summed E-state index contributed by atoms with van der Waals surface area (Å²) < 4.78 is 38.0. The zero-order valence-electron chi connectivity index (χ0n) is 16.8. The molecule has 0 bridgehead atoms. The van der Waals surface area contributed by atoms with E-state index in [0.29, 0.717) is 30.3 Å². The van der Waals surface area contributed by atoms with Crippen LogP contribution in [0.2, 0.25) is 0 Å². The average Bonchev–Trinajstić information content (AvgIpc) is 3.04. The van der Waals surface area contributed by atoms with Gasteiger partial charge in [-0.1, -0.05) is 12.1 Å². The van der Waals surface area contributed by atoms with Crippen molar-refractivity contribution in [2.75, 3.05) is 31.3 Å². The Balaban J connectivity index is 1.59. The molecule has 2 N–H and O–H groups in total. The third-order valence-corrected chi connectivity index (χ3v) is 7.11. The molecule has 0 unspecified atom stereocenters. The van der Waals surface area contributed by atoms with Crippen LogP contribution in [0.25, 0.3) is 22.4 Å². The molecule has 3 heterocycles. The van der Waals surface area contributed by atoms with Crippen molar-refractivity contribution in [2.24, 2.45) is 7.05 Å². The zero-order chi connectivity index (χ0) is 20.8. The first-order valence-corrected chi connectivity index (χ1v) is 11.5. The number of benzene rings is 1. The second-order valence-electron chi connectivity index (χ2n) is 7.56. The minimum Gasteiger partial charge on any atom is -0.356 e. The molecular weight excluding hydrogens is 393 g/mol. The molecule has 0 atom stereocenters. The Morgan fingerprint density at radius 2 is 1.90 bits per heavy atom. The lowest BCUT2D eigenvalue weighted by molar-refractivity contribution is 0.283. The molecule has 156 valence electrons. The van der Waals surface area contributed by atoms with Gasteiger partial charge >= 0.3 is 0 Å². The van der Waals surface area contributed by atoms with E-state index < -0.39 is 16.6 Å². The van der Waals surface area contributed by atoms with E-state index in [0.717, 1.165) is 23.9 Å². The summed E-state index contributed by atoms with van der Waals surface area (Å²) in [6.07, 6.45) is 4.26. The topological polar surface area (TPSA) is 77.7 Å². The van der Waals surface area contributed by atoms with Crippen LogP contribution in [0.3, 0.4) is 0 Å². The van der Waals surface area contributed by atoms with E-state index in [2.05, 4.69) is 14.9 Å². The molecule has 0 amide bonds. The first-order chi connectivity index (χ1) is 13.8. The van der Waals surface area contributed by atoms with Gasteiger partial charge in [-0.05, 0) is 31.0 Å². The number of pyridine rings is 1. The van der Waals surface area contributed by atoms with E-state index in [4.69, 9.17) is 0 Å². The van der Waals surface area contributed by atoms with Crippen molar-refractivity contribution in [3.8, 4) is 11.4 Å². The summed E-state index contributed by atoms with van der Waals surface area (Å²) in [5.41, 5.74) is 2.20. The van der Waals surface area contributed by atoms with Crippen LogP contribution in [-0.4, -0.2) is 60.4 Å². The Morgan fingerprint density at radius 3 is 2.55 bits per heavy atom. The minimum absolute atomic E-state index is 0.0982. The van der Waals surface area contributed by atoms with Crippen molar-refractivity contribution in [1.29, 1.82) is 0 Å². The van der Waals surface area contributed by atoms with Crippen molar-refractivity contribution in [1.82, 2.24) is 18.8 Å². The molecule has 1 aliphatic rings. The molecule has 3 aromatic rings. The number of anilines is 1. The third-order valence-electron chi connectivity index (χ3n) is 5.72. The summed E-state index contributed by atoms with van der Waals surface area (Å²) in [4.78, 5) is 11.0. The summed E-state index contributed by atoms with van der Waals surface area (Å²) in [6.45, 7) is 1.43. The number of hydrogen-bond donors (Lipinski definition) is 2. The minimum atomic E-state index is -2.71. The van der Waals surface area contributed by atoms with Gasteiger partial charge in [0, 0.05) is 39.5 Å². The first kappa shape index (κ1) is 20.1. The van der Waals surface area contributed by atoms with Gasteiger partial charge in [-0.2, -0.15) is 0 Å².